The number of hydrogen-bond acceptors (Lipinski definition) is 4. The van der Waals surface area contributed by atoms with Crippen molar-refractivity contribution in [2.45, 2.75) is 20.3 Å². The van der Waals surface area contributed by atoms with E-state index in [0.29, 0.717) is 6.61 Å². The molecular weight excluding hydrogens is 300 g/mol. The lowest BCUT2D eigenvalue weighted by Crippen LogP contribution is -2.01. The molecule has 1 aromatic carbocycles. The van der Waals surface area contributed by atoms with Crippen molar-refractivity contribution >= 4 is 21.9 Å². The van der Waals surface area contributed by atoms with Crippen LogP contribution in [-0.2, 0) is 0 Å². The molecule has 0 unspecified atom stereocenters. The van der Waals surface area contributed by atoms with Crippen LogP contribution < -0.4 is 4.74 Å². The van der Waals surface area contributed by atoms with E-state index in [1.54, 1.807) is 10.9 Å². The zero-order valence-corrected chi connectivity index (χ0v) is 13.7. The van der Waals surface area contributed by atoms with E-state index in [2.05, 4.69) is 17.0 Å². The van der Waals surface area contributed by atoms with Gasteiger partial charge in [0.15, 0.2) is 11.5 Å². The van der Waals surface area contributed by atoms with Crippen LogP contribution in [0.3, 0.4) is 0 Å². The molecule has 0 N–H and O–H groups in total. The van der Waals surface area contributed by atoms with E-state index in [9.17, 15) is 0 Å². The molecule has 0 amide bonds. The highest BCUT2D eigenvalue weighted by Gasteiger charge is 2.19. The number of nitrogens with zero attached hydrogens (tertiary/aromatic N) is 4. The Kier molecular flexibility index (Phi) is 3.61. The Labute approximate surface area is 139 Å². The Morgan fingerprint density at radius 1 is 1.08 bits per heavy atom. The first-order valence-corrected chi connectivity index (χ1v) is 8.12. The number of aromatic nitrogens is 4. The van der Waals surface area contributed by atoms with Crippen molar-refractivity contribution < 1.29 is 4.74 Å². The standard InChI is InChI=1S/C19H18N4O/c1-3-12-24-18-14-8-4-5-9-15(14)21-19-17(18)13(2)22-23(19)16-10-6-7-11-20-16/h4-11H,3,12H2,1-2H3. The molecule has 0 saturated heterocycles. The molecule has 5 nitrogen and oxygen atoms in total. The monoisotopic (exact) mass is 318 g/mol. The van der Waals surface area contributed by atoms with E-state index < -0.39 is 0 Å². The number of aryl methyl sites for hydroxylation is 1. The third-order valence-electron chi connectivity index (χ3n) is 3.95. The minimum atomic E-state index is 0.664. The SMILES string of the molecule is CCCOc1c2ccccc2nc2c1c(C)nn2-c1ccccn1. The van der Waals surface area contributed by atoms with Gasteiger partial charge in [0.2, 0.25) is 0 Å². The van der Waals surface area contributed by atoms with Gasteiger partial charge in [-0.1, -0.05) is 25.1 Å². The van der Waals surface area contributed by atoms with Crippen LogP contribution in [0, 0.1) is 6.92 Å². The van der Waals surface area contributed by atoms with Gasteiger partial charge < -0.3 is 4.74 Å². The molecule has 4 aromatic rings. The van der Waals surface area contributed by atoms with Gasteiger partial charge in [0, 0.05) is 11.6 Å². The zero-order valence-electron chi connectivity index (χ0n) is 13.7. The fourth-order valence-corrected chi connectivity index (χ4v) is 2.89. The summed E-state index contributed by atoms with van der Waals surface area (Å²) in [6, 6.07) is 13.8. The highest BCUT2D eigenvalue weighted by Crippen LogP contribution is 2.35. The third kappa shape index (κ3) is 2.29. The fraction of sp³-hybridized carbons (Fsp3) is 0.211. The van der Waals surface area contributed by atoms with Crippen molar-refractivity contribution in [2.75, 3.05) is 6.61 Å². The molecule has 0 saturated carbocycles. The maximum atomic E-state index is 6.10. The van der Waals surface area contributed by atoms with Gasteiger partial charge in [0.1, 0.15) is 5.75 Å². The smallest absolute Gasteiger partial charge is 0.169 e. The average Bonchev–Trinajstić information content (AvgIpc) is 2.96. The molecule has 24 heavy (non-hydrogen) atoms. The summed E-state index contributed by atoms with van der Waals surface area (Å²) in [6.07, 6.45) is 2.71. The lowest BCUT2D eigenvalue weighted by Gasteiger charge is -2.10. The van der Waals surface area contributed by atoms with Crippen molar-refractivity contribution in [1.82, 2.24) is 19.7 Å². The van der Waals surface area contributed by atoms with Gasteiger partial charge in [-0.3, -0.25) is 0 Å². The van der Waals surface area contributed by atoms with Gasteiger partial charge in [-0.25, -0.2) is 9.97 Å². The average molecular weight is 318 g/mol. The second-order valence-corrected chi connectivity index (χ2v) is 5.69. The molecule has 0 fully saturated rings. The molecule has 4 rings (SSSR count). The maximum absolute atomic E-state index is 6.10. The first-order chi connectivity index (χ1) is 11.8. The summed E-state index contributed by atoms with van der Waals surface area (Å²) in [6.45, 7) is 4.75. The van der Waals surface area contributed by atoms with Gasteiger partial charge in [-0.15, -0.1) is 0 Å². The van der Waals surface area contributed by atoms with Crippen LogP contribution >= 0.6 is 0 Å². The predicted octanol–water partition coefficient (Wildman–Crippen LogP) is 4.07. The molecule has 3 heterocycles. The van der Waals surface area contributed by atoms with Gasteiger partial charge >= 0.3 is 0 Å². The number of ether oxygens (including phenoxy) is 1. The third-order valence-corrected chi connectivity index (χ3v) is 3.95. The highest BCUT2D eigenvalue weighted by molar-refractivity contribution is 6.01. The molecule has 0 atom stereocenters. The summed E-state index contributed by atoms with van der Waals surface area (Å²) in [4.78, 5) is 9.23. The number of benzene rings is 1. The van der Waals surface area contributed by atoms with E-state index in [4.69, 9.17) is 9.72 Å². The largest absolute Gasteiger partial charge is 0.492 e. The fourth-order valence-electron chi connectivity index (χ4n) is 2.89. The molecule has 0 aliphatic carbocycles. The van der Waals surface area contributed by atoms with E-state index in [1.165, 1.54) is 0 Å². The summed E-state index contributed by atoms with van der Waals surface area (Å²) >= 11 is 0. The van der Waals surface area contributed by atoms with Crippen LogP contribution in [0.1, 0.15) is 19.0 Å². The Hall–Kier alpha value is -2.95. The van der Waals surface area contributed by atoms with Crippen LogP contribution in [-0.4, -0.2) is 26.4 Å². The van der Waals surface area contributed by atoms with Crippen molar-refractivity contribution in [3.63, 3.8) is 0 Å². The molecule has 0 aliphatic rings. The van der Waals surface area contributed by atoms with E-state index in [-0.39, 0.29) is 0 Å². The molecule has 0 radical (unpaired) electrons. The summed E-state index contributed by atoms with van der Waals surface area (Å²) in [5.41, 5.74) is 2.56. The molecule has 120 valence electrons. The molecule has 5 heteroatoms. The number of fused-ring (bicyclic) bond motifs is 2. The van der Waals surface area contributed by atoms with Crippen LogP contribution in [0.2, 0.25) is 0 Å². The normalized spacial score (nSPS) is 11.2. The summed E-state index contributed by atoms with van der Waals surface area (Å²) in [5.74, 6) is 1.61. The Morgan fingerprint density at radius 3 is 2.71 bits per heavy atom. The van der Waals surface area contributed by atoms with Crippen molar-refractivity contribution in [3.8, 4) is 11.6 Å². The van der Waals surface area contributed by atoms with Crippen LogP contribution in [0.4, 0.5) is 0 Å². The summed E-state index contributed by atoms with van der Waals surface area (Å²) in [5, 5.41) is 6.63. The van der Waals surface area contributed by atoms with E-state index in [0.717, 1.165) is 45.6 Å². The molecule has 0 spiro atoms. The Balaban J connectivity index is 2.07. The predicted molar refractivity (Wildman–Crippen MR) is 94.7 cm³/mol. The minimum Gasteiger partial charge on any atom is -0.492 e. The molecule has 0 bridgehead atoms. The molecule has 3 aromatic heterocycles. The van der Waals surface area contributed by atoms with Crippen molar-refractivity contribution in [3.05, 3.63) is 54.4 Å². The second kappa shape index (κ2) is 5.92. The lowest BCUT2D eigenvalue weighted by atomic mass is 10.1. The van der Waals surface area contributed by atoms with Gasteiger partial charge in [-0.05, 0) is 37.6 Å². The van der Waals surface area contributed by atoms with E-state index in [1.807, 2.05) is 49.4 Å². The van der Waals surface area contributed by atoms with Gasteiger partial charge in [0.05, 0.1) is 23.2 Å². The number of hydrogen-bond donors (Lipinski definition) is 0. The van der Waals surface area contributed by atoms with Crippen LogP contribution in [0.15, 0.2) is 48.7 Å². The number of para-hydroxylation sites is 1. The summed E-state index contributed by atoms with van der Waals surface area (Å²) < 4.78 is 7.89. The Bertz CT molecular complexity index is 1010. The van der Waals surface area contributed by atoms with Crippen molar-refractivity contribution in [2.24, 2.45) is 0 Å². The zero-order chi connectivity index (χ0) is 16.5. The van der Waals surface area contributed by atoms with E-state index >= 15 is 0 Å². The minimum absolute atomic E-state index is 0.664. The van der Waals surface area contributed by atoms with Crippen LogP contribution in [0.5, 0.6) is 5.75 Å². The first-order valence-electron chi connectivity index (χ1n) is 8.12. The highest BCUT2D eigenvalue weighted by atomic mass is 16.5. The molecular formula is C19H18N4O. The topological polar surface area (TPSA) is 52.8 Å². The summed E-state index contributed by atoms with van der Waals surface area (Å²) in [7, 11) is 0. The van der Waals surface area contributed by atoms with Gasteiger partial charge in [0.25, 0.3) is 0 Å². The Morgan fingerprint density at radius 2 is 1.92 bits per heavy atom. The second-order valence-electron chi connectivity index (χ2n) is 5.69. The maximum Gasteiger partial charge on any atom is 0.169 e. The first kappa shape index (κ1) is 14.6. The van der Waals surface area contributed by atoms with Crippen LogP contribution in [0.25, 0.3) is 27.8 Å². The van der Waals surface area contributed by atoms with Gasteiger partial charge in [-0.2, -0.15) is 9.78 Å². The number of rotatable bonds is 4. The quantitative estimate of drug-likeness (QED) is 0.569. The lowest BCUT2D eigenvalue weighted by molar-refractivity contribution is 0.324. The van der Waals surface area contributed by atoms with Crippen molar-refractivity contribution in [1.29, 1.82) is 0 Å². The number of pyridine rings is 2. The molecule has 0 aliphatic heterocycles.